The number of fused-ring (bicyclic) bond motifs is 2. The average molecular weight is 427 g/mol. The molecule has 0 bridgehead atoms. The number of nitrogens with one attached hydrogen (secondary N) is 1. The molecule has 0 atom stereocenters. The van der Waals surface area contributed by atoms with E-state index in [0.29, 0.717) is 12.2 Å². The highest BCUT2D eigenvalue weighted by Crippen LogP contribution is 2.22. The maximum atomic E-state index is 12.6. The lowest BCUT2D eigenvalue weighted by Crippen LogP contribution is -2.27. The molecule has 0 fully saturated rings. The Bertz CT molecular complexity index is 1150. The predicted octanol–water partition coefficient (Wildman–Crippen LogP) is 3.05. The van der Waals surface area contributed by atoms with Gasteiger partial charge in [-0.2, -0.15) is 10.2 Å². The summed E-state index contributed by atoms with van der Waals surface area (Å²) in [7, 11) is 1.79. The number of amides is 1. The van der Waals surface area contributed by atoms with E-state index >= 15 is 0 Å². The van der Waals surface area contributed by atoms with Crippen molar-refractivity contribution in [3.63, 3.8) is 0 Å². The van der Waals surface area contributed by atoms with Gasteiger partial charge in [0.2, 0.25) is 0 Å². The molecule has 7 nitrogen and oxygen atoms in total. The summed E-state index contributed by atoms with van der Waals surface area (Å²) in [4.78, 5) is 17.0. The Morgan fingerprint density at radius 2 is 2.11 bits per heavy atom. The largest absolute Gasteiger partial charge is 0.351 e. The highest BCUT2D eigenvalue weighted by Gasteiger charge is 2.16. The molecule has 0 saturated carbocycles. The van der Waals surface area contributed by atoms with E-state index in [-0.39, 0.29) is 5.91 Å². The van der Waals surface area contributed by atoms with Gasteiger partial charge in [-0.25, -0.2) is 9.50 Å². The van der Waals surface area contributed by atoms with E-state index < -0.39 is 0 Å². The molecule has 0 aliphatic carbocycles. The lowest BCUT2D eigenvalue weighted by atomic mass is 10.2. The molecule has 0 spiro atoms. The highest BCUT2D eigenvalue weighted by molar-refractivity contribution is 9.10. The smallest absolute Gasteiger partial charge is 0.270 e. The molecule has 3 heterocycles. The van der Waals surface area contributed by atoms with Crippen molar-refractivity contribution in [1.82, 2.24) is 29.7 Å². The minimum atomic E-state index is -0.112. The quantitative estimate of drug-likeness (QED) is 0.497. The van der Waals surface area contributed by atoms with Crippen LogP contribution in [0.1, 0.15) is 28.2 Å². The Kier molecular flexibility index (Phi) is 4.65. The van der Waals surface area contributed by atoms with E-state index in [2.05, 4.69) is 36.4 Å². The Morgan fingerprint density at radius 3 is 2.96 bits per heavy atom. The monoisotopic (exact) mass is 426 g/mol. The zero-order valence-electron chi connectivity index (χ0n) is 15.1. The number of nitrogens with zero attached hydrogens (tertiary/aromatic N) is 5. The van der Waals surface area contributed by atoms with Gasteiger partial charge in [0.25, 0.3) is 5.91 Å². The summed E-state index contributed by atoms with van der Waals surface area (Å²) < 4.78 is 4.37. The number of aryl methyl sites for hydroxylation is 3. The molecule has 4 rings (SSSR count). The molecular formula is C19H19BrN6O. The summed E-state index contributed by atoms with van der Waals surface area (Å²) in [5.74, 6) is -0.112. The number of carbonyl (C=O) groups is 1. The molecule has 1 aromatic carbocycles. The molecule has 0 unspecified atom stereocenters. The second-order valence-corrected chi connectivity index (χ2v) is 7.46. The molecule has 1 amide bonds. The number of aromatic nitrogens is 5. The number of carbonyl (C=O) groups excluding carboxylic acids is 1. The van der Waals surface area contributed by atoms with Crippen molar-refractivity contribution in [2.75, 3.05) is 6.54 Å². The fraction of sp³-hybridized carbons (Fsp3) is 0.263. The Morgan fingerprint density at radius 1 is 1.26 bits per heavy atom. The third-order valence-corrected chi connectivity index (χ3v) is 4.92. The first kappa shape index (κ1) is 17.7. The van der Waals surface area contributed by atoms with E-state index in [4.69, 9.17) is 0 Å². The molecule has 8 heteroatoms. The standard InChI is InChI=1S/C19H19BrN6O/c1-12-8-17-22-10-13(11-26(17)23-12)4-3-7-21-19(27)18-15-6-5-14(20)9-16(15)24-25(18)2/h5-6,8-11H,3-4,7H2,1-2H3,(H,21,27). The number of hydrogen-bond donors (Lipinski definition) is 1. The van der Waals surface area contributed by atoms with Gasteiger partial charge in [0.1, 0.15) is 5.69 Å². The van der Waals surface area contributed by atoms with Crippen LogP contribution in [0.5, 0.6) is 0 Å². The summed E-state index contributed by atoms with van der Waals surface area (Å²) in [5, 5.41) is 12.6. The first-order chi connectivity index (χ1) is 13.0. The van der Waals surface area contributed by atoms with Gasteiger partial charge in [0.15, 0.2) is 5.65 Å². The molecule has 4 aromatic rings. The van der Waals surface area contributed by atoms with Crippen molar-refractivity contribution in [3.8, 4) is 0 Å². The van der Waals surface area contributed by atoms with Crippen LogP contribution in [0.15, 0.2) is 41.1 Å². The molecule has 0 radical (unpaired) electrons. The maximum Gasteiger partial charge on any atom is 0.270 e. The van der Waals surface area contributed by atoms with Gasteiger partial charge >= 0.3 is 0 Å². The van der Waals surface area contributed by atoms with Crippen molar-refractivity contribution in [2.45, 2.75) is 19.8 Å². The van der Waals surface area contributed by atoms with Crippen LogP contribution in [0.4, 0.5) is 0 Å². The zero-order chi connectivity index (χ0) is 19.0. The highest BCUT2D eigenvalue weighted by atomic mass is 79.9. The summed E-state index contributed by atoms with van der Waals surface area (Å²) in [6, 6.07) is 7.68. The Balaban J connectivity index is 1.38. The zero-order valence-corrected chi connectivity index (χ0v) is 16.7. The normalized spacial score (nSPS) is 11.4. The van der Waals surface area contributed by atoms with Gasteiger partial charge in [0.05, 0.1) is 11.2 Å². The maximum absolute atomic E-state index is 12.6. The molecule has 3 aromatic heterocycles. The van der Waals surface area contributed by atoms with Crippen LogP contribution < -0.4 is 5.32 Å². The van der Waals surface area contributed by atoms with Crippen molar-refractivity contribution in [1.29, 1.82) is 0 Å². The predicted molar refractivity (Wildman–Crippen MR) is 107 cm³/mol. The van der Waals surface area contributed by atoms with Crippen molar-refractivity contribution >= 4 is 38.4 Å². The van der Waals surface area contributed by atoms with Gasteiger partial charge in [-0.15, -0.1) is 0 Å². The third-order valence-electron chi connectivity index (χ3n) is 4.43. The summed E-state index contributed by atoms with van der Waals surface area (Å²) in [5.41, 5.74) is 4.26. The first-order valence-corrected chi connectivity index (χ1v) is 9.52. The van der Waals surface area contributed by atoms with Crippen molar-refractivity contribution in [3.05, 3.63) is 58.1 Å². The molecule has 0 aliphatic heterocycles. The molecule has 0 saturated heterocycles. The van der Waals surface area contributed by atoms with Crippen molar-refractivity contribution < 1.29 is 4.79 Å². The lowest BCUT2D eigenvalue weighted by molar-refractivity contribution is 0.0945. The number of rotatable bonds is 5. The van der Waals surface area contributed by atoms with Crippen LogP contribution >= 0.6 is 15.9 Å². The first-order valence-electron chi connectivity index (χ1n) is 8.72. The van der Waals surface area contributed by atoms with E-state index in [1.54, 1.807) is 16.2 Å². The number of halogens is 1. The van der Waals surface area contributed by atoms with Crippen LogP contribution in [0.3, 0.4) is 0 Å². The minimum Gasteiger partial charge on any atom is -0.351 e. The molecular weight excluding hydrogens is 408 g/mol. The van der Waals surface area contributed by atoms with E-state index in [0.717, 1.165) is 45.1 Å². The van der Waals surface area contributed by atoms with Crippen LogP contribution in [0, 0.1) is 6.92 Å². The summed E-state index contributed by atoms with van der Waals surface area (Å²) >= 11 is 3.43. The van der Waals surface area contributed by atoms with Gasteiger partial charge < -0.3 is 5.32 Å². The molecule has 27 heavy (non-hydrogen) atoms. The van der Waals surface area contributed by atoms with E-state index in [9.17, 15) is 4.79 Å². The van der Waals surface area contributed by atoms with Gasteiger partial charge in [-0.3, -0.25) is 9.48 Å². The molecule has 138 valence electrons. The number of benzene rings is 1. The SMILES string of the molecule is Cc1cc2ncc(CCCNC(=O)c3c4ccc(Br)cc4nn3C)cn2n1. The van der Waals surface area contributed by atoms with Gasteiger partial charge in [-0.05, 0) is 43.5 Å². The van der Waals surface area contributed by atoms with E-state index in [1.807, 2.05) is 43.6 Å². The van der Waals surface area contributed by atoms with Crippen LogP contribution in [0.25, 0.3) is 16.6 Å². The Labute approximate surface area is 164 Å². The topological polar surface area (TPSA) is 77.1 Å². The second kappa shape index (κ2) is 7.11. The average Bonchev–Trinajstić information content (AvgIpc) is 3.15. The summed E-state index contributed by atoms with van der Waals surface area (Å²) in [6.45, 7) is 2.53. The van der Waals surface area contributed by atoms with Crippen LogP contribution in [0.2, 0.25) is 0 Å². The van der Waals surface area contributed by atoms with Gasteiger partial charge in [-0.1, -0.05) is 15.9 Å². The molecule has 0 aliphatic rings. The molecule has 1 N–H and O–H groups in total. The van der Waals surface area contributed by atoms with E-state index in [1.165, 1.54) is 0 Å². The van der Waals surface area contributed by atoms with Gasteiger partial charge in [0, 0.05) is 41.9 Å². The fourth-order valence-corrected chi connectivity index (χ4v) is 3.53. The van der Waals surface area contributed by atoms with Crippen LogP contribution in [-0.4, -0.2) is 36.8 Å². The van der Waals surface area contributed by atoms with Crippen molar-refractivity contribution in [2.24, 2.45) is 7.05 Å². The minimum absolute atomic E-state index is 0.112. The lowest BCUT2D eigenvalue weighted by Gasteiger charge is -2.06. The third kappa shape index (κ3) is 3.57. The number of hydrogen-bond acceptors (Lipinski definition) is 4. The fourth-order valence-electron chi connectivity index (χ4n) is 3.18. The Hall–Kier alpha value is -2.74. The summed E-state index contributed by atoms with van der Waals surface area (Å²) in [6.07, 6.45) is 5.50. The van der Waals surface area contributed by atoms with Crippen LogP contribution in [-0.2, 0) is 13.5 Å². The second-order valence-electron chi connectivity index (χ2n) is 6.54.